The number of carbonyl (C=O) groups excluding carboxylic acids is 1. The number of fused-ring (bicyclic) bond motifs is 1. The molecule has 0 spiro atoms. The highest BCUT2D eigenvalue weighted by Gasteiger charge is 2.25. The molecule has 1 unspecified atom stereocenters. The first kappa shape index (κ1) is 17.0. The monoisotopic (exact) mass is 356 g/mol. The number of aryl methyl sites for hydroxylation is 1. The van der Waals surface area contributed by atoms with Gasteiger partial charge in [0.25, 0.3) is 5.91 Å². The third-order valence-corrected chi connectivity index (χ3v) is 4.92. The molecular formula is C18H24N6O2. The van der Waals surface area contributed by atoms with E-state index in [2.05, 4.69) is 20.3 Å². The maximum Gasteiger partial charge on any atom is 0.272 e. The molecule has 1 amide bonds. The minimum atomic E-state index is -0.118. The lowest BCUT2D eigenvalue weighted by atomic mass is 10.1. The lowest BCUT2D eigenvalue weighted by molar-refractivity contribution is 0.0927. The summed E-state index contributed by atoms with van der Waals surface area (Å²) in [7, 11) is 0. The van der Waals surface area contributed by atoms with Crippen LogP contribution in [0.5, 0.6) is 0 Å². The smallest absolute Gasteiger partial charge is 0.272 e. The van der Waals surface area contributed by atoms with Gasteiger partial charge in [-0.2, -0.15) is 5.10 Å². The molecule has 4 rings (SSSR count). The van der Waals surface area contributed by atoms with E-state index in [9.17, 15) is 4.79 Å². The fourth-order valence-electron chi connectivity index (χ4n) is 3.47. The molecular weight excluding hydrogens is 332 g/mol. The molecule has 0 saturated carbocycles. The first-order chi connectivity index (χ1) is 12.7. The van der Waals surface area contributed by atoms with Gasteiger partial charge in [0.15, 0.2) is 0 Å². The average Bonchev–Trinajstić information content (AvgIpc) is 3.17. The van der Waals surface area contributed by atoms with Gasteiger partial charge >= 0.3 is 0 Å². The van der Waals surface area contributed by atoms with Crippen LogP contribution in [0.15, 0.2) is 18.5 Å². The molecule has 2 aliphatic heterocycles. The lowest BCUT2D eigenvalue weighted by Crippen LogP contribution is -2.48. The molecule has 0 bridgehead atoms. The highest BCUT2D eigenvalue weighted by Crippen LogP contribution is 2.20. The van der Waals surface area contributed by atoms with Crippen molar-refractivity contribution in [1.29, 1.82) is 0 Å². The van der Waals surface area contributed by atoms with Crippen molar-refractivity contribution >= 4 is 11.9 Å². The topological polar surface area (TPSA) is 85.2 Å². The molecule has 2 aliphatic rings. The van der Waals surface area contributed by atoms with Crippen molar-refractivity contribution in [2.75, 3.05) is 24.6 Å². The van der Waals surface area contributed by atoms with Crippen molar-refractivity contribution in [2.45, 2.75) is 45.4 Å². The van der Waals surface area contributed by atoms with Gasteiger partial charge in [-0.25, -0.2) is 9.97 Å². The SMILES string of the molecule is CCn1ccc(C(=O)NC2CCCN(c3ncc4c(n3)CCOC4)C2)n1. The second-order valence-electron chi connectivity index (χ2n) is 6.76. The Morgan fingerprint density at radius 2 is 2.38 bits per heavy atom. The molecule has 0 radical (unpaired) electrons. The minimum Gasteiger partial charge on any atom is -0.376 e. The second-order valence-corrected chi connectivity index (χ2v) is 6.76. The predicted octanol–water partition coefficient (Wildman–Crippen LogP) is 1.16. The number of amides is 1. The molecule has 2 aromatic rings. The van der Waals surface area contributed by atoms with Crippen LogP contribution in [0.4, 0.5) is 5.95 Å². The van der Waals surface area contributed by atoms with Crippen LogP contribution < -0.4 is 10.2 Å². The number of nitrogens with one attached hydrogen (secondary N) is 1. The van der Waals surface area contributed by atoms with Crippen molar-refractivity contribution in [2.24, 2.45) is 0 Å². The molecule has 8 nitrogen and oxygen atoms in total. The minimum absolute atomic E-state index is 0.0750. The summed E-state index contributed by atoms with van der Waals surface area (Å²) in [4.78, 5) is 23.8. The number of carbonyl (C=O) groups is 1. The number of hydrogen-bond donors (Lipinski definition) is 1. The van der Waals surface area contributed by atoms with E-state index in [1.165, 1.54) is 0 Å². The fraction of sp³-hybridized carbons (Fsp3) is 0.556. The van der Waals surface area contributed by atoms with E-state index in [0.29, 0.717) is 18.9 Å². The number of rotatable bonds is 4. The Balaban J connectivity index is 1.41. The maximum atomic E-state index is 12.4. The van der Waals surface area contributed by atoms with Gasteiger partial charge < -0.3 is 15.0 Å². The van der Waals surface area contributed by atoms with Crippen molar-refractivity contribution in [3.05, 3.63) is 35.4 Å². The Hall–Kier alpha value is -2.48. The van der Waals surface area contributed by atoms with Gasteiger partial charge in [-0.3, -0.25) is 9.48 Å². The fourth-order valence-corrected chi connectivity index (χ4v) is 3.47. The van der Waals surface area contributed by atoms with Crippen LogP contribution in [0.1, 0.15) is 41.5 Å². The zero-order valence-corrected chi connectivity index (χ0v) is 15.0. The van der Waals surface area contributed by atoms with Crippen molar-refractivity contribution in [3.63, 3.8) is 0 Å². The molecule has 1 atom stereocenters. The van der Waals surface area contributed by atoms with Gasteiger partial charge in [0, 0.05) is 50.1 Å². The molecule has 0 aliphatic carbocycles. The number of hydrogen-bond acceptors (Lipinski definition) is 6. The zero-order chi connectivity index (χ0) is 17.9. The molecule has 0 aromatic carbocycles. The average molecular weight is 356 g/mol. The van der Waals surface area contributed by atoms with E-state index in [1.807, 2.05) is 19.3 Å². The van der Waals surface area contributed by atoms with Crippen molar-refractivity contribution in [1.82, 2.24) is 25.1 Å². The third-order valence-electron chi connectivity index (χ3n) is 4.92. The van der Waals surface area contributed by atoms with E-state index in [-0.39, 0.29) is 11.9 Å². The Kier molecular flexibility index (Phi) is 4.83. The van der Waals surface area contributed by atoms with E-state index in [4.69, 9.17) is 9.72 Å². The summed E-state index contributed by atoms with van der Waals surface area (Å²) < 4.78 is 7.20. The number of piperidine rings is 1. The molecule has 2 aromatic heterocycles. The van der Waals surface area contributed by atoms with Crippen LogP contribution in [-0.4, -0.2) is 51.4 Å². The second kappa shape index (κ2) is 7.41. The highest BCUT2D eigenvalue weighted by molar-refractivity contribution is 5.92. The van der Waals surface area contributed by atoms with Crippen LogP contribution in [-0.2, 0) is 24.3 Å². The standard InChI is InChI=1S/C18H24N6O2/c1-2-24-8-5-16(22-24)17(25)20-14-4-3-7-23(11-14)18-19-10-13-12-26-9-6-15(13)21-18/h5,8,10,14H,2-4,6-7,9,11-12H2,1H3,(H,20,25). The first-order valence-electron chi connectivity index (χ1n) is 9.24. The molecule has 138 valence electrons. The summed E-state index contributed by atoms with van der Waals surface area (Å²) in [6, 6.07) is 1.83. The van der Waals surface area contributed by atoms with Crippen molar-refractivity contribution in [3.8, 4) is 0 Å². The molecule has 1 N–H and O–H groups in total. The summed E-state index contributed by atoms with van der Waals surface area (Å²) in [5.74, 6) is 0.632. The van der Waals surface area contributed by atoms with Crippen LogP contribution >= 0.6 is 0 Å². The van der Waals surface area contributed by atoms with Gasteiger partial charge in [-0.15, -0.1) is 0 Å². The lowest BCUT2D eigenvalue weighted by Gasteiger charge is -2.33. The summed E-state index contributed by atoms with van der Waals surface area (Å²) in [5, 5.41) is 7.38. The molecule has 1 saturated heterocycles. The zero-order valence-electron chi connectivity index (χ0n) is 15.0. The Labute approximate surface area is 152 Å². The van der Waals surface area contributed by atoms with Gasteiger partial charge in [0.1, 0.15) is 5.69 Å². The highest BCUT2D eigenvalue weighted by atomic mass is 16.5. The van der Waals surface area contributed by atoms with Crippen molar-refractivity contribution < 1.29 is 9.53 Å². The van der Waals surface area contributed by atoms with Gasteiger partial charge in [0.2, 0.25) is 5.95 Å². The summed E-state index contributed by atoms with van der Waals surface area (Å²) in [5.41, 5.74) is 2.62. The van der Waals surface area contributed by atoms with Gasteiger partial charge in [-0.05, 0) is 25.8 Å². The third kappa shape index (κ3) is 3.55. The van der Waals surface area contributed by atoms with E-state index in [1.54, 1.807) is 10.7 Å². The summed E-state index contributed by atoms with van der Waals surface area (Å²) in [6.45, 7) is 5.69. The number of nitrogens with zero attached hydrogens (tertiary/aromatic N) is 5. The number of anilines is 1. The maximum absolute atomic E-state index is 12.4. The van der Waals surface area contributed by atoms with E-state index < -0.39 is 0 Å². The predicted molar refractivity (Wildman–Crippen MR) is 96.0 cm³/mol. The summed E-state index contributed by atoms with van der Waals surface area (Å²) in [6.07, 6.45) is 6.48. The van der Waals surface area contributed by atoms with Crippen LogP contribution in [0.25, 0.3) is 0 Å². The van der Waals surface area contributed by atoms with Gasteiger partial charge in [-0.1, -0.05) is 0 Å². The molecule has 4 heterocycles. The molecule has 8 heteroatoms. The first-order valence-corrected chi connectivity index (χ1v) is 9.24. The number of ether oxygens (including phenoxy) is 1. The van der Waals surface area contributed by atoms with Gasteiger partial charge in [0.05, 0.1) is 18.9 Å². The Morgan fingerprint density at radius 3 is 3.23 bits per heavy atom. The normalized spacial score (nSPS) is 19.9. The Bertz CT molecular complexity index is 790. The summed E-state index contributed by atoms with van der Waals surface area (Å²) >= 11 is 0. The largest absolute Gasteiger partial charge is 0.376 e. The Morgan fingerprint density at radius 1 is 1.46 bits per heavy atom. The van der Waals surface area contributed by atoms with Crippen LogP contribution in [0, 0.1) is 0 Å². The van der Waals surface area contributed by atoms with Crippen LogP contribution in [0.2, 0.25) is 0 Å². The number of aromatic nitrogens is 4. The van der Waals surface area contributed by atoms with Crippen LogP contribution in [0.3, 0.4) is 0 Å². The molecule has 1 fully saturated rings. The quantitative estimate of drug-likeness (QED) is 0.885. The van der Waals surface area contributed by atoms with E-state index >= 15 is 0 Å². The molecule has 26 heavy (non-hydrogen) atoms. The van der Waals surface area contributed by atoms with E-state index in [0.717, 1.165) is 56.1 Å².